The highest BCUT2D eigenvalue weighted by molar-refractivity contribution is 5.94. The molecule has 0 saturated heterocycles. The van der Waals surface area contributed by atoms with Crippen LogP contribution in [0.2, 0.25) is 0 Å². The van der Waals surface area contributed by atoms with Crippen LogP contribution >= 0.6 is 0 Å². The van der Waals surface area contributed by atoms with Crippen molar-refractivity contribution in [2.75, 3.05) is 20.3 Å². The van der Waals surface area contributed by atoms with Crippen molar-refractivity contribution in [3.8, 4) is 0 Å². The van der Waals surface area contributed by atoms with Crippen molar-refractivity contribution < 1.29 is 22.7 Å². The zero-order valence-electron chi connectivity index (χ0n) is 18.2. The largest absolute Gasteiger partial charge is 0.416 e. The first-order valence-corrected chi connectivity index (χ1v) is 10.4. The lowest BCUT2D eigenvalue weighted by Gasteiger charge is -2.24. The van der Waals surface area contributed by atoms with E-state index in [0.29, 0.717) is 26.1 Å². The fraction of sp³-hybridized carbons (Fsp3) is 0.320. The molecule has 0 aliphatic rings. The van der Waals surface area contributed by atoms with Gasteiger partial charge in [-0.05, 0) is 54.8 Å². The van der Waals surface area contributed by atoms with Crippen molar-refractivity contribution in [3.05, 3.63) is 94.8 Å². The third-order valence-corrected chi connectivity index (χ3v) is 5.38. The highest BCUT2D eigenvalue weighted by Crippen LogP contribution is 2.30. The lowest BCUT2D eigenvalue weighted by Crippen LogP contribution is -2.33. The second-order valence-electron chi connectivity index (χ2n) is 7.71. The number of alkyl halides is 3. The van der Waals surface area contributed by atoms with Gasteiger partial charge >= 0.3 is 6.18 Å². The maximum absolute atomic E-state index is 13.2. The second kappa shape index (κ2) is 10.5. The maximum atomic E-state index is 13.2. The summed E-state index contributed by atoms with van der Waals surface area (Å²) in [6.45, 7) is 3.82. The first-order valence-electron chi connectivity index (χ1n) is 10.4. The van der Waals surface area contributed by atoms with Gasteiger partial charge in [-0.25, -0.2) is 0 Å². The number of rotatable bonds is 9. The summed E-state index contributed by atoms with van der Waals surface area (Å²) in [4.78, 5) is 14.8. The van der Waals surface area contributed by atoms with E-state index in [-0.39, 0.29) is 12.1 Å². The van der Waals surface area contributed by atoms with Gasteiger partial charge in [0.05, 0.1) is 12.1 Å². The van der Waals surface area contributed by atoms with Crippen LogP contribution in [0.5, 0.6) is 0 Å². The Hall–Kier alpha value is -3.06. The zero-order chi connectivity index (χ0) is 23.1. The number of hydrogen-bond donors (Lipinski definition) is 0. The van der Waals surface area contributed by atoms with Gasteiger partial charge in [-0.15, -0.1) is 0 Å². The van der Waals surface area contributed by atoms with Crippen molar-refractivity contribution in [2.45, 2.75) is 32.6 Å². The Kier molecular flexibility index (Phi) is 7.75. The Bertz CT molecular complexity index is 1040. The predicted octanol–water partition coefficient (Wildman–Crippen LogP) is 5.54. The molecule has 0 fully saturated rings. The normalized spacial score (nSPS) is 11.5. The lowest BCUT2D eigenvalue weighted by molar-refractivity contribution is -0.137. The van der Waals surface area contributed by atoms with Gasteiger partial charge < -0.3 is 14.2 Å². The van der Waals surface area contributed by atoms with Crippen LogP contribution in [0.3, 0.4) is 0 Å². The monoisotopic (exact) mass is 444 g/mol. The summed E-state index contributed by atoms with van der Waals surface area (Å²) in [5, 5.41) is 0. The summed E-state index contributed by atoms with van der Waals surface area (Å²) in [6.07, 6.45) is -1.97. The van der Waals surface area contributed by atoms with Gasteiger partial charge in [-0.2, -0.15) is 13.2 Å². The molecular weight excluding hydrogens is 417 g/mol. The molecule has 1 amide bonds. The smallest absolute Gasteiger partial charge is 0.385 e. The number of benzene rings is 2. The van der Waals surface area contributed by atoms with Crippen LogP contribution in [0.25, 0.3) is 0 Å². The van der Waals surface area contributed by atoms with E-state index in [1.807, 2.05) is 43.5 Å². The van der Waals surface area contributed by atoms with E-state index < -0.39 is 17.6 Å². The van der Waals surface area contributed by atoms with Crippen LogP contribution in [0.15, 0.2) is 66.9 Å². The highest BCUT2D eigenvalue weighted by Gasteiger charge is 2.31. The lowest BCUT2D eigenvalue weighted by atomic mass is 10.1. The molecule has 1 heterocycles. The number of aromatic nitrogens is 1. The molecule has 0 bridgehead atoms. The quantitative estimate of drug-likeness (QED) is 0.406. The van der Waals surface area contributed by atoms with Crippen LogP contribution in [-0.2, 0) is 24.0 Å². The number of aryl methyl sites for hydroxylation is 1. The summed E-state index contributed by atoms with van der Waals surface area (Å²) < 4.78 is 46.6. The minimum absolute atomic E-state index is 0.0225. The average molecular weight is 444 g/mol. The van der Waals surface area contributed by atoms with Crippen molar-refractivity contribution in [3.63, 3.8) is 0 Å². The molecule has 1 aromatic heterocycles. The van der Waals surface area contributed by atoms with E-state index in [0.717, 1.165) is 17.8 Å². The van der Waals surface area contributed by atoms with Gasteiger partial charge in [0, 0.05) is 44.3 Å². The van der Waals surface area contributed by atoms with Crippen molar-refractivity contribution in [1.82, 2.24) is 9.47 Å². The number of halogens is 3. The van der Waals surface area contributed by atoms with Crippen LogP contribution in [0, 0.1) is 6.92 Å². The molecule has 0 atom stereocenters. The van der Waals surface area contributed by atoms with Crippen molar-refractivity contribution in [1.29, 1.82) is 0 Å². The summed E-state index contributed by atoms with van der Waals surface area (Å²) in [5.74, 6) is -0.434. The number of amides is 1. The molecule has 0 saturated carbocycles. The van der Waals surface area contributed by atoms with Gasteiger partial charge in [0.15, 0.2) is 0 Å². The summed E-state index contributed by atoms with van der Waals surface area (Å²) in [6, 6.07) is 16.5. The van der Waals surface area contributed by atoms with E-state index in [2.05, 4.69) is 10.6 Å². The number of methoxy groups -OCH3 is 1. The number of carbonyl (C=O) groups excluding carboxylic acids is 1. The zero-order valence-corrected chi connectivity index (χ0v) is 18.2. The minimum atomic E-state index is -4.50. The molecule has 0 aliphatic heterocycles. The third-order valence-electron chi connectivity index (χ3n) is 5.38. The van der Waals surface area contributed by atoms with Gasteiger partial charge in [-0.3, -0.25) is 4.79 Å². The van der Waals surface area contributed by atoms with Gasteiger partial charge in [0.25, 0.3) is 5.91 Å². The van der Waals surface area contributed by atoms with Crippen LogP contribution in [0.4, 0.5) is 13.2 Å². The molecule has 0 aliphatic carbocycles. The Balaban J connectivity index is 1.84. The van der Waals surface area contributed by atoms with Crippen LogP contribution in [-0.4, -0.2) is 35.6 Å². The van der Waals surface area contributed by atoms with E-state index >= 15 is 0 Å². The molecule has 3 aromatic rings. The standard InChI is InChI=1S/C25H27F3N2O2/c1-19-8-3-4-9-21(19)17-29-13-6-12-23(29)18-30(14-7-15-32-2)24(31)20-10-5-11-22(16-20)25(26,27)28/h3-6,8-13,16H,7,14-15,17-18H2,1-2H3. The van der Waals surface area contributed by atoms with Crippen molar-refractivity contribution in [2.24, 2.45) is 0 Å². The van der Waals surface area contributed by atoms with Gasteiger partial charge in [-0.1, -0.05) is 30.3 Å². The molecule has 0 unspecified atom stereocenters. The SMILES string of the molecule is COCCCN(Cc1cccn1Cc1ccccc1C)C(=O)c1cccc(C(F)(F)F)c1. The molecule has 7 heteroatoms. The molecular formula is C25H27F3N2O2. The predicted molar refractivity (Wildman–Crippen MR) is 117 cm³/mol. The average Bonchev–Trinajstić information content (AvgIpc) is 3.20. The second-order valence-corrected chi connectivity index (χ2v) is 7.71. The number of ether oxygens (including phenoxy) is 1. The first-order chi connectivity index (χ1) is 15.3. The van der Waals surface area contributed by atoms with Crippen molar-refractivity contribution >= 4 is 5.91 Å². The Morgan fingerprint density at radius 1 is 1.06 bits per heavy atom. The fourth-order valence-corrected chi connectivity index (χ4v) is 3.58. The van der Waals surface area contributed by atoms with E-state index in [4.69, 9.17) is 4.74 Å². The first kappa shape index (κ1) is 23.6. The highest BCUT2D eigenvalue weighted by atomic mass is 19.4. The Morgan fingerprint density at radius 3 is 2.56 bits per heavy atom. The number of hydrogen-bond acceptors (Lipinski definition) is 2. The Labute approximate surface area is 186 Å². The molecule has 170 valence electrons. The third kappa shape index (κ3) is 6.01. The maximum Gasteiger partial charge on any atom is 0.416 e. The fourth-order valence-electron chi connectivity index (χ4n) is 3.58. The number of nitrogens with zero attached hydrogens (tertiary/aromatic N) is 2. The molecule has 4 nitrogen and oxygen atoms in total. The molecule has 0 N–H and O–H groups in total. The summed E-state index contributed by atoms with van der Waals surface area (Å²) >= 11 is 0. The molecule has 3 rings (SSSR count). The molecule has 2 aromatic carbocycles. The van der Waals surface area contributed by atoms with E-state index in [9.17, 15) is 18.0 Å². The van der Waals surface area contributed by atoms with Crippen LogP contribution < -0.4 is 0 Å². The van der Waals surface area contributed by atoms with E-state index in [1.165, 1.54) is 23.3 Å². The van der Waals surface area contributed by atoms with Gasteiger partial charge in [0.1, 0.15) is 0 Å². The number of carbonyl (C=O) groups is 1. The topological polar surface area (TPSA) is 34.5 Å². The van der Waals surface area contributed by atoms with E-state index in [1.54, 1.807) is 12.0 Å². The summed E-state index contributed by atoms with van der Waals surface area (Å²) in [5.41, 5.74) is 2.44. The van der Waals surface area contributed by atoms with Gasteiger partial charge in [0.2, 0.25) is 0 Å². The molecule has 0 spiro atoms. The minimum Gasteiger partial charge on any atom is -0.385 e. The van der Waals surface area contributed by atoms with Crippen LogP contribution in [0.1, 0.15) is 39.2 Å². The molecule has 0 radical (unpaired) electrons. The Morgan fingerprint density at radius 2 is 1.84 bits per heavy atom. The summed E-state index contributed by atoms with van der Waals surface area (Å²) in [7, 11) is 1.58. The molecule has 32 heavy (non-hydrogen) atoms.